The Balaban J connectivity index is 1.92. The van der Waals surface area contributed by atoms with Gasteiger partial charge in [-0.05, 0) is 58.7 Å². The Hall–Kier alpha value is -3.58. The van der Waals surface area contributed by atoms with E-state index >= 15 is 0 Å². The number of nitrogens with two attached hydrogens (primary N) is 1. The van der Waals surface area contributed by atoms with Crippen molar-refractivity contribution >= 4 is 17.6 Å². The molecule has 5 nitrogen and oxygen atoms in total. The Labute approximate surface area is 165 Å². The van der Waals surface area contributed by atoms with Crippen LogP contribution in [-0.2, 0) is 17.8 Å². The number of benzene rings is 3. The van der Waals surface area contributed by atoms with Gasteiger partial charge in [0.2, 0.25) is 0 Å². The summed E-state index contributed by atoms with van der Waals surface area (Å²) in [4.78, 5) is 23.7. The summed E-state index contributed by atoms with van der Waals surface area (Å²) in [5, 5.41) is 11.4. The molecule has 0 spiro atoms. The smallest absolute Gasteiger partial charge is 0.307 e. The minimum Gasteiger partial charge on any atom is -0.481 e. The number of carboxylic acid groups (broad SMARTS) is 1. The van der Waals surface area contributed by atoms with Crippen LogP contribution in [0.2, 0.25) is 0 Å². The summed E-state index contributed by atoms with van der Waals surface area (Å²) in [6, 6.07) is 14.7. The molecule has 0 atom stereocenters. The molecule has 3 rings (SSSR count). The molecule has 0 aliphatic heterocycles. The van der Waals surface area contributed by atoms with Gasteiger partial charge in [0.15, 0.2) is 0 Å². The molecule has 0 heterocycles. The van der Waals surface area contributed by atoms with E-state index in [0.29, 0.717) is 16.7 Å². The highest BCUT2D eigenvalue weighted by atomic mass is 19.1. The molecule has 1 amide bonds. The fourth-order valence-corrected chi connectivity index (χ4v) is 2.98. The Bertz CT molecular complexity index is 1080. The highest BCUT2D eigenvalue weighted by Crippen LogP contribution is 2.25. The number of rotatable bonds is 6. The summed E-state index contributed by atoms with van der Waals surface area (Å²) in [5.74, 6) is -2.93. The van der Waals surface area contributed by atoms with Gasteiger partial charge in [-0.3, -0.25) is 9.59 Å². The largest absolute Gasteiger partial charge is 0.481 e. The van der Waals surface area contributed by atoms with E-state index in [1.54, 1.807) is 24.3 Å². The molecule has 3 aromatic carbocycles. The van der Waals surface area contributed by atoms with Crippen LogP contribution in [0.3, 0.4) is 0 Å². The third-order valence-electron chi connectivity index (χ3n) is 4.33. The zero-order valence-electron chi connectivity index (χ0n) is 15.3. The van der Waals surface area contributed by atoms with Crippen LogP contribution in [-0.4, -0.2) is 17.0 Å². The number of carbonyl (C=O) groups is 2. The summed E-state index contributed by atoms with van der Waals surface area (Å²) in [7, 11) is 0. The van der Waals surface area contributed by atoms with Crippen LogP contribution in [0.15, 0.2) is 60.7 Å². The number of hydrogen-bond acceptors (Lipinski definition) is 3. The summed E-state index contributed by atoms with van der Waals surface area (Å²) in [6.07, 6.45) is -0.432. The van der Waals surface area contributed by atoms with Gasteiger partial charge in [-0.25, -0.2) is 8.78 Å². The molecule has 0 fully saturated rings. The van der Waals surface area contributed by atoms with Gasteiger partial charge in [0, 0.05) is 12.1 Å². The molecular formula is C22H18F2N2O3. The van der Waals surface area contributed by atoms with Crippen molar-refractivity contribution in [3.8, 4) is 11.1 Å². The van der Waals surface area contributed by atoms with Crippen LogP contribution >= 0.6 is 0 Å². The molecule has 0 unspecified atom stereocenters. The van der Waals surface area contributed by atoms with E-state index in [9.17, 15) is 18.4 Å². The van der Waals surface area contributed by atoms with Crippen LogP contribution in [0.5, 0.6) is 0 Å². The predicted molar refractivity (Wildman–Crippen MR) is 105 cm³/mol. The Morgan fingerprint density at radius 2 is 1.72 bits per heavy atom. The van der Waals surface area contributed by atoms with E-state index in [-0.39, 0.29) is 23.4 Å². The second kappa shape index (κ2) is 8.62. The monoisotopic (exact) mass is 396 g/mol. The summed E-state index contributed by atoms with van der Waals surface area (Å²) < 4.78 is 28.0. The zero-order valence-corrected chi connectivity index (χ0v) is 15.3. The van der Waals surface area contributed by atoms with Crippen molar-refractivity contribution in [2.24, 2.45) is 5.73 Å². The molecule has 0 aliphatic carbocycles. The number of amides is 1. The Morgan fingerprint density at radius 3 is 2.45 bits per heavy atom. The lowest BCUT2D eigenvalue weighted by Crippen LogP contribution is -2.16. The summed E-state index contributed by atoms with van der Waals surface area (Å²) in [5.41, 5.74) is 7.52. The van der Waals surface area contributed by atoms with Gasteiger partial charge in [0.05, 0.1) is 12.1 Å². The molecule has 4 N–H and O–H groups in total. The Kier molecular flexibility index (Phi) is 5.99. The van der Waals surface area contributed by atoms with Crippen LogP contribution in [0.4, 0.5) is 14.5 Å². The molecule has 0 saturated heterocycles. The van der Waals surface area contributed by atoms with Crippen molar-refractivity contribution in [1.29, 1.82) is 0 Å². The minimum atomic E-state index is -1.14. The average Bonchev–Trinajstić information content (AvgIpc) is 2.69. The molecule has 0 aliphatic rings. The van der Waals surface area contributed by atoms with Crippen LogP contribution in [0, 0.1) is 11.6 Å². The molecule has 29 heavy (non-hydrogen) atoms. The first kappa shape index (κ1) is 20.2. The van der Waals surface area contributed by atoms with Gasteiger partial charge < -0.3 is 16.2 Å². The molecule has 148 valence electrons. The van der Waals surface area contributed by atoms with Crippen molar-refractivity contribution in [3.05, 3.63) is 89.0 Å². The van der Waals surface area contributed by atoms with Gasteiger partial charge in [0.1, 0.15) is 11.6 Å². The van der Waals surface area contributed by atoms with Crippen molar-refractivity contribution in [2.45, 2.75) is 13.0 Å². The van der Waals surface area contributed by atoms with Crippen molar-refractivity contribution < 1.29 is 23.5 Å². The third-order valence-corrected chi connectivity index (χ3v) is 4.33. The molecule has 7 heteroatoms. The van der Waals surface area contributed by atoms with Gasteiger partial charge in [-0.2, -0.15) is 0 Å². The van der Waals surface area contributed by atoms with E-state index in [1.807, 2.05) is 0 Å². The van der Waals surface area contributed by atoms with Crippen molar-refractivity contribution in [2.75, 3.05) is 5.32 Å². The van der Waals surface area contributed by atoms with Crippen LogP contribution in [0.25, 0.3) is 11.1 Å². The fourth-order valence-electron chi connectivity index (χ4n) is 2.98. The van der Waals surface area contributed by atoms with Gasteiger partial charge in [-0.1, -0.05) is 24.3 Å². The molecule has 3 aromatic rings. The van der Waals surface area contributed by atoms with Crippen molar-refractivity contribution in [3.63, 3.8) is 0 Å². The van der Waals surface area contributed by atoms with E-state index in [1.165, 1.54) is 30.3 Å². The number of aliphatic carboxylic acids is 1. The first-order chi connectivity index (χ1) is 13.9. The van der Waals surface area contributed by atoms with Crippen LogP contribution in [0.1, 0.15) is 21.5 Å². The molecule has 0 aromatic heterocycles. The minimum absolute atomic E-state index is 0.153. The third kappa shape index (κ3) is 4.83. The average molecular weight is 396 g/mol. The second-order valence-electron chi connectivity index (χ2n) is 6.43. The second-order valence-corrected chi connectivity index (χ2v) is 6.43. The summed E-state index contributed by atoms with van der Waals surface area (Å²) in [6.45, 7) is 0.171. The number of nitrogens with one attached hydrogen (secondary N) is 1. The fraction of sp³-hybridized carbons (Fsp3) is 0.0909. The first-order valence-electron chi connectivity index (χ1n) is 8.78. The number of hydrogen-bond donors (Lipinski definition) is 3. The number of carboxylic acids is 1. The van der Waals surface area contributed by atoms with E-state index < -0.39 is 29.9 Å². The molecular weight excluding hydrogens is 378 g/mol. The lowest BCUT2D eigenvalue weighted by atomic mass is 10.0. The van der Waals surface area contributed by atoms with E-state index in [2.05, 4.69) is 5.32 Å². The first-order valence-corrected chi connectivity index (χ1v) is 8.78. The molecule has 0 saturated carbocycles. The SMILES string of the molecule is NCc1cc(F)cc(-c2cccc(C(=O)Nc3c(F)cccc3CC(=O)O)c2)c1. The van der Waals surface area contributed by atoms with Crippen LogP contribution < -0.4 is 11.1 Å². The van der Waals surface area contributed by atoms with Crippen molar-refractivity contribution in [1.82, 2.24) is 0 Å². The maximum absolute atomic E-state index is 14.2. The highest BCUT2D eigenvalue weighted by Gasteiger charge is 2.16. The highest BCUT2D eigenvalue weighted by molar-refractivity contribution is 6.05. The quantitative estimate of drug-likeness (QED) is 0.588. The Morgan fingerprint density at radius 1 is 0.966 bits per heavy atom. The standard InChI is InChI=1S/C22H18F2N2O3/c23-18-8-13(12-25)7-17(10-18)14-3-1-5-16(9-14)22(29)26-21-15(11-20(27)28)4-2-6-19(21)24/h1-10H,11-12,25H2,(H,26,29)(H,27,28). The lowest BCUT2D eigenvalue weighted by molar-refractivity contribution is -0.136. The number of para-hydroxylation sites is 1. The molecule has 0 bridgehead atoms. The van der Waals surface area contributed by atoms with E-state index in [0.717, 1.165) is 6.07 Å². The maximum atomic E-state index is 14.2. The summed E-state index contributed by atoms with van der Waals surface area (Å²) >= 11 is 0. The number of carbonyl (C=O) groups excluding carboxylic acids is 1. The normalized spacial score (nSPS) is 10.6. The lowest BCUT2D eigenvalue weighted by Gasteiger charge is -2.12. The maximum Gasteiger partial charge on any atom is 0.307 e. The number of halogens is 2. The van der Waals surface area contributed by atoms with E-state index in [4.69, 9.17) is 10.8 Å². The molecule has 0 radical (unpaired) electrons. The van der Waals surface area contributed by atoms with Gasteiger partial charge in [-0.15, -0.1) is 0 Å². The predicted octanol–water partition coefficient (Wildman–Crippen LogP) is 3.97. The van der Waals surface area contributed by atoms with Gasteiger partial charge in [0.25, 0.3) is 5.91 Å². The topological polar surface area (TPSA) is 92.4 Å². The number of anilines is 1. The zero-order chi connectivity index (χ0) is 21.0. The van der Waals surface area contributed by atoms with Gasteiger partial charge >= 0.3 is 5.97 Å².